The number of benzene rings is 8. The lowest BCUT2D eigenvalue weighted by Crippen LogP contribution is -2.93. The molecular weight excluding hydrogens is 695 g/mol. The Kier molecular flexibility index (Phi) is 6.86. The van der Waals surface area contributed by atoms with E-state index in [4.69, 9.17) is 4.74 Å². The molecule has 0 bridgehead atoms. The Morgan fingerprint density at radius 1 is 0.358 bits per heavy atom. The lowest BCUT2D eigenvalue weighted by Gasteiger charge is -2.50. The Labute approximate surface area is 316 Å². The fourth-order valence-electron chi connectivity index (χ4n) is 9.46. The smallest absolute Gasteiger partial charge is 0.188 e. The maximum absolute atomic E-state index is 6.96. The summed E-state index contributed by atoms with van der Waals surface area (Å²) < 4.78 is 6.96. The highest BCUT2D eigenvalue weighted by atomic mass is 32.2. The molecule has 0 amide bonds. The monoisotopic (exact) mass is 727 g/mol. The molecule has 2 nitrogen and oxygen atoms in total. The molecule has 0 aliphatic carbocycles. The predicted octanol–water partition coefficient (Wildman–Crippen LogP) is 6.79. The van der Waals surface area contributed by atoms with E-state index in [1.165, 1.54) is 62.7 Å². The molecule has 5 heteroatoms. The second-order valence-electron chi connectivity index (χ2n) is 14.0. The molecule has 3 heterocycles. The van der Waals surface area contributed by atoms with Gasteiger partial charge < -0.3 is 9.64 Å². The molecule has 0 aromatic heterocycles. The number of hydrogen-bond acceptors (Lipinski definition) is 3. The van der Waals surface area contributed by atoms with E-state index in [1.54, 1.807) is 0 Å². The summed E-state index contributed by atoms with van der Waals surface area (Å²) in [6.45, 7) is 0. The number of para-hydroxylation sites is 3. The fraction of sp³-hybridized carbons (Fsp3) is 0. The molecule has 0 unspecified atom stereocenters. The molecule has 3 aliphatic heterocycles. The first-order valence-corrected chi connectivity index (χ1v) is 23.0. The number of ether oxygens (including phenoxy) is 1. The van der Waals surface area contributed by atoms with E-state index in [0.29, 0.717) is 0 Å². The Morgan fingerprint density at radius 2 is 0.792 bits per heavy atom. The van der Waals surface area contributed by atoms with Crippen molar-refractivity contribution in [1.29, 1.82) is 0 Å². The van der Waals surface area contributed by atoms with Crippen molar-refractivity contribution in [1.82, 2.24) is 0 Å². The minimum Gasteiger partial charge on any atom is -0.458 e. The van der Waals surface area contributed by atoms with Crippen molar-refractivity contribution in [3.8, 4) is 11.5 Å². The van der Waals surface area contributed by atoms with Crippen LogP contribution in [0.3, 0.4) is 0 Å². The summed E-state index contributed by atoms with van der Waals surface area (Å²) in [6.07, 6.45) is 0. The van der Waals surface area contributed by atoms with Crippen LogP contribution in [0.2, 0.25) is 0 Å². The summed E-state index contributed by atoms with van der Waals surface area (Å²) in [5.41, 5.74) is 3.55. The summed E-state index contributed by atoms with van der Waals surface area (Å²) >= 11 is 1.85. The van der Waals surface area contributed by atoms with Crippen LogP contribution in [0.5, 0.6) is 11.5 Å². The van der Waals surface area contributed by atoms with Crippen molar-refractivity contribution in [3.63, 3.8) is 0 Å². The Bertz CT molecular complexity index is 2580. The molecule has 0 atom stereocenters. The lowest BCUT2D eigenvalue weighted by molar-refractivity contribution is 0.487. The van der Waals surface area contributed by atoms with E-state index >= 15 is 0 Å². The number of fused-ring (bicyclic) bond motifs is 10. The second kappa shape index (κ2) is 11.8. The number of hydrogen-bond donors (Lipinski definition) is 0. The Hall–Kier alpha value is -5.86. The molecule has 3 aliphatic rings. The molecule has 8 aromatic rings. The predicted molar refractivity (Wildman–Crippen MR) is 226 cm³/mol. The van der Waals surface area contributed by atoms with Crippen molar-refractivity contribution >= 4 is 86.5 Å². The van der Waals surface area contributed by atoms with E-state index in [1.807, 2.05) is 11.8 Å². The molecule has 0 N–H and O–H groups in total. The van der Waals surface area contributed by atoms with Gasteiger partial charge in [0.25, 0.3) is 0 Å². The standard InChI is InChI=1S/C48H33NOSSi2/c1-3-17-35(18-4-1)52(36-19-5-2-6-20-36)44-27-13-15-29-46(44)53(47-30-16-14-28-45(47)52)43-26-12-9-23-39(43)50-40-32-31-34(33-48(40)53)49-37-21-7-10-24-41(37)51-42-25-11-8-22-38(42)49/h1-33H. The maximum atomic E-state index is 6.96. The average molecular weight is 728 g/mol. The highest BCUT2D eigenvalue weighted by molar-refractivity contribution is 7.99. The zero-order chi connectivity index (χ0) is 35.0. The topological polar surface area (TPSA) is 12.5 Å². The van der Waals surface area contributed by atoms with E-state index in [0.717, 1.165) is 17.2 Å². The van der Waals surface area contributed by atoms with E-state index < -0.39 is 16.1 Å². The van der Waals surface area contributed by atoms with Gasteiger partial charge >= 0.3 is 0 Å². The lowest BCUT2D eigenvalue weighted by atomic mass is 10.1. The van der Waals surface area contributed by atoms with Gasteiger partial charge in [0.2, 0.25) is 0 Å². The molecule has 1 spiro atoms. The molecule has 0 saturated carbocycles. The van der Waals surface area contributed by atoms with Crippen molar-refractivity contribution in [2.75, 3.05) is 4.90 Å². The minimum atomic E-state index is -3.01. The molecular formula is C48H33NOSSi2. The van der Waals surface area contributed by atoms with Crippen LogP contribution in [0.1, 0.15) is 0 Å². The maximum Gasteiger partial charge on any atom is 0.188 e. The highest BCUT2D eigenvalue weighted by Crippen LogP contribution is 2.51. The van der Waals surface area contributed by atoms with Gasteiger partial charge in [-0.25, -0.2) is 0 Å². The van der Waals surface area contributed by atoms with Crippen LogP contribution in [-0.4, -0.2) is 16.1 Å². The zero-order valence-corrected chi connectivity index (χ0v) is 31.6. The molecule has 53 heavy (non-hydrogen) atoms. The van der Waals surface area contributed by atoms with Crippen LogP contribution in [0, 0.1) is 0 Å². The van der Waals surface area contributed by atoms with Crippen molar-refractivity contribution in [2.24, 2.45) is 0 Å². The first-order chi connectivity index (χ1) is 26.3. The van der Waals surface area contributed by atoms with Crippen molar-refractivity contribution in [3.05, 3.63) is 200 Å². The number of nitrogens with zero attached hydrogens (tertiary/aromatic N) is 1. The second-order valence-corrected chi connectivity index (χ2v) is 22.4. The van der Waals surface area contributed by atoms with E-state index in [-0.39, 0.29) is 0 Å². The van der Waals surface area contributed by atoms with Crippen molar-refractivity contribution in [2.45, 2.75) is 9.79 Å². The third-order valence-corrected chi connectivity index (χ3v) is 22.9. The summed E-state index contributed by atoms with van der Waals surface area (Å²) in [5.74, 6) is 1.91. The first-order valence-electron chi connectivity index (χ1n) is 18.2. The van der Waals surface area contributed by atoms with Crippen LogP contribution >= 0.6 is 11.8 Å². The molecule has 0 saturated heterocycles. The summed E-state index contributed by atoms with van der Waals surface area (Å²) in [7, 11) is -5.80. The molecule has 11 rings (SSSR count). The van der Waals surface area contributed by atoms with Gasteiger partial charge in [0.05, 0.1) is 11.4 Å². The van der Waals surface area contributed by atoms with Gasteiger partial charge in [0.1, 0.15) is 11.5 Å². The quantitative estimate of drug-likeness (QED) is 0.186. The summed E-state index contributed by atoms with van der Waals surface area (Å²) in [4.78, 5) is 4.97. The zero-order valence-electron chi connectivity index (χ0n) is 28.8. The first kappa shape index (κ1) is 30.7. The van der Waals surface area contributed by atoms with Gasteiger partial charge in [0.15, 0.2) is 16.1 Å². The fourth-order valence-corrected chi connectivity index (χ4v) is 22.8. The van der Waals surface area contributed by atoms with Gasteiger partial charge in [-0.15, -0.1) is 0 Å². The SMILES string of the molecule is c1ccc([Si]2(c3ccccc3)c3ccccc3[Si]3(c4ccccc4Oc4ccc(N5c6ccccc6Sc6ccccc65)cc43)c3ccccc32)cc1. The molecule has 0 fully saturated rings. The third-order valence-electron chi connectivity index (χ3n) is 11.5. The summed E-state index contributed by atoms with van der Waals surface area (Å²) in [5, 5.41) is 11.3. The highest BCUT2D eigenvalue weighted by Gasteiger charge is 2.59. The van der Waals surface area contributed by atoms with Crippen LogP contribution < -0.4 is 51.1 Å². The van der Waals surface area contributed by atoms with Crippen molar-refractivity contribution < 1.29 is 4.74 Å². The normalized spacial score (nSPS) is 15.1. The van der Waals surface area contributed by atoms with E-state index in [2.05, 4.69) is 205 Å². The molecule has 250 valence electrons. The summed E-state index contributed by atoms with van der Waals surface area (Å²) in [6, 6.07) is 75.0. The van der Waals surface area contributed by atoms with Crippen LogP contribution in [0.4, 0.5) is 17.1 Å². The number of anilines is 3. The third kappa shape index (κ3) is 4.21. The van der Waals surface area contributed by atoms with Crippen LogP contribution in [0.25, 0.3) is 0 Å². The van der Waals surface area contributed by atoms with Gasteiger partial charge in [-0.05, 0) is 90.0 Å². The molecule has 0 radical (unpaired) electrons. The van der Waals surface area contributed by atoms with Gasteiger partial charge in [-0.1, -0.05) is 163 Å². The minimum absolute atomic E-state index is 0.949. The number of rotatable bonds is 3. The van der Waals surface area contributed by atoms with Gasteiger partial charge in [-0.2, -0.15) is 0 Å². The van der Waals surface area contributed by atoms with Crippen LogP contribution in [-0.2, 0) is 0 Å². The van der Waals surface area contributed by atoms with Gasteiger partial charge in [0, 0.05) is 15.5 Å². The Morgan fingerprint density at radius 3 is 1.36 bits per heavy atom. The largest absolute Gasteiger partial charge is 0.458 e. The Balaban J connectivity index is 1.27. The average Bonchev–Trinajstić information content (AvgIpc) is 3.23. The van der Waals surface area contributed by atoms with Crippen LogP contribution in [0.15, 0.2) is 210 Å². The molecule has 8 aromatic carbocycles. The van der Waals surface area contributed by atoms with E-state index in [9.17, 15) is 0 Å². The van der Waals surface area contributed by atoms with Gasteiger partial charge in [-0.3, -0.25) is 0 Å².